The summed E-state index contributed by atoms with van der Waals surface area (Å²) < 4.78 is 0. The van der Waals surface area contributed by atoms with E-state index in [0.29, 0.717) is 6.42 Å². The summed E-state index contributed by atoms with van der Waals surface area (Å²) in [6.07, 6.45) is 5.52. The fourth-order valence-electron chi connectivity index (χ4n) is 2.13. The van der Waals surface area contributed by atoms with E-state index in [0.717, 1.165) is 0 Å². The number of hydrogen-bond acceptors (Lipinski definition) is 1. The Morgan fingerprint density at radius 3 is 2.71 bits per heavy atom. The molecule has 0 amide bonds. The fourth-order valence-corrected chi connectivity index (χ4v) is 2.13. The molecule has 0 aliphatic heterocycles. The zero-order chi connectivity index (χ0) is 12.3. The molecule has 0 fully saturated rings. The Morgan fingerprint density at radius 1 is 1.24 bits per heavy atom. The number of rotatable bonds is 3. The third-order valence-electron chi connectivity index (χ3n) is 3.01. The second-order valence-corrected chi connectivity index (χ2v) is 4.24. The van der Waals surface area contributed by atoms with Crippen LogP contribution < -0.4 is 0 Å². The van der Waals surface area contributed by atoms with Crippen molar-refractivity contribution in [2.45, 2.75) is 19.3 Å². The Kier molecular flexibility index (Phi) is 3.25. The Hall–Kier alpha value is -2.07. The van der Waals surface area contributed by atoms with E-state index in [1.807, 2.05) is 25.1 Å². The first-order chi connectivity index (χ1) is 8.22. The minimum absolute atomic E-state index is 0.134. The second-order valence-electron chi connectivity index (χ2n) is 4.24. The predicted octanol–water partition coefficient (Wildman–Crippen LogP) is 3.54. The Balaban J connectivity index is 2.42. The van der Waals surface area contributed by atoms with Gasteiger partial charge >= 0.3 is 0 Å². The summed E-state index contributed by atoms with van der Waals surface area (Å²) >= 11 is 0. The molecule has 0 N–H and O–H groups in total. The summed E-state index contributed by atoms with van der Waals surface area (Å²) in [6.45, 7) is 2.04. The van der Waals surface area contributed by atoms with Crippen molar-refractivity contribution in [1.29, 1.82) is 0 Å². The molecule has 0 aliphatic carbocycles. The second kappa shape index (κ2) is 4.84. The van der Waals surface area contributed by atoms with Crippen molar-refractivity contribution in [2.75, 3.05) is 0 Å². The van der Waals surface area contributed by atoms with E-state index in [4.69, 9.17) is 6.42 Å². The molecular weight excluding hydrogens is 208 g/mol. The first kappa shape index (κ1) is 11.4. The van der Waals surface area contributed by atoms with Gasteiger partial charge in [0.2, 0.25) is 5.78 Å². The van der Waals surface area contributed by atoms with E-state index < -0.39 is 0 Å². The highest BCUT2D eigenvalue weighted by Crippen LogP contribution is 2.27. The summed E-state index contributed by atoms with van der Waals surface area (Å²) in [5.41, 5.74) is 1.19. The third kappa shape index (κ3) is 2.37. The summed E-state index contributed by atoms with van der Waals surface area (Å²) in [4.78, 5) is 11.3. The normalized spacial score (nSPS) is 12.0. The first-order valence-electron chi connectivity index (χ1n) is 5.69. The summed E-state index contributed by atoms with van der Waals surface area (Å²) in [5.74, 6) is 2.20. The monoisotopic (exact) mass is 222 g/mol. The van der Waals surface area contributed by atoms with Crippen molar-refractivity contribution < 1.29 is 4.79 Å². The molecule has 0 bridgehead atoms. The van der Waals surface area contributed by atoms with Gasteiger partial charge in [-0.1, -0.05) is 49.4 Å². The van der Waals surface area contributed by atoms with Crippen LogP contribution in [-0.2, 0) is 4.79 Å². The van der Waals surface area contributed by atoms with Gasteiger partial charge in [0, 0.05) is 6.42 Å². The summed E-state index contributed by atoms with van der Waals surface area (Å²) in [6, 6.07) is 14.4. The van der Waals surface area contributed by atoms with E-state index >= 15 is 0 Å². The number of ketones is 1. The molecule has 0 spiro atoms. The van der Waals surface area contributed by atoms with Crippen molar-refractivity contribution in [3.05, 3.63) is 48.0 Å². The summed E-state index contributed by atoms with van der Waals surface area (Å²) in [5, 5.41) is 2.40. The minimum atomic E-state index is -0.134. The number of terminal acetylenes is 1. The number of hydrogen-bond donors (Lipinski definition) is 0. The topological polar surface area (TPSA) is 17.1 Å². The summed E-state index contributed by atoms with van der Waals surface area (Å²) in [7, 11) is 0. The first-order valence-corrected chi connectivity index (χ1v) is 5.69. The molecule has 0 aliphatic rings. The molecule has 84 valence electrons. The van der Waals surface area contributed by atoms with Crippen LogP contribution >= 0.6 is 0 Å². The number of carbonyl (C=O) groups is 1. The van der Waals surface area contributed by atoms with Crippen LogP contribution in [0.2, 0.25) is 0 Å². The van der Waals surface area contributed by atoms with Gasteiger partial charge in [0.25, 0.3) is 0 Å². The lowest BCUT2D eigenvalue weighted by Crippen LogP contribution is -2.02. The van der Waals surface area contributed by atoms with E-state index in [2.05, 4.69) is 30.2 Å². The van der Waals surface area contributed by atoms with Crippen LogP contribution in [0.1, 0.15) is 24.8 Å². The SMILES string of the molecule is C#CC(=O)CC(C)c1cccc2ccccc12. The predicted molar refractivity (Wildman–Crippen MR) is 70.8 cm³/mol. The molecule has 2 aromatic carbocycles. The van der Waals surface area contributed by atoms with E-state index in [9.17, 15) is 4.79 Å². The molecule has 17 heavy (non-hydrogen) atoms. The lowest BCUT2D eigenvalue weighted by molar-refractivity contribution is -0.114. The van der Waals surface area contributed by atoms with Gasteiger partial charge in [-0.05, 0) is 28.2 Å². The van der Waals surface area contributed by atoms with Crippen LogP contribution in [-0.4, -0.2) is 5.78 Å². The van der Waals surface area contributed by atoms with Gasteiger partial charge < -0.3 is 0 Å². The molecular formula is C16H14O. The molecule has 2 rings (SSSR count). The Morgan fingerprint density at radius 2 is 1.94 bits per heavy atom. The molecule has 0 radical (unpaired) electrons. The average Bonchev–Trinajstić information content (AvgIpc) is 2.37. The fraction of sp³-hybridized carbons (Fsp3) is 0.188. The van der Waals surface area contributed by atoms with Gasteiger partial charge in [0.15, 0.2) is 0 Å². The zero-order valence-corrected chi connectivity index (χ0v) is 9.81. The van der Waals surface area contributed by atoms with Crippen LogP contribution in [0.25, 0.3) is 10.8 Å². The van der Waals surface area contributed by atoms with E-state index in [1.54, 1.807) is 0 Å². The maximum Gasteiger partial charge on any atom is 0.205 e. The molecule has 0 saturated heterocycles. The van der Waals surface area contributed by atoms with Crippen LogP contribution in [0.3, 0.4) is 0 Å². The Bertz CT molecular complexity index is 584. The van der Waals surface area contributed by atoms with Crippen molar-refractivity contribution >= 4 is 16.6 Å². The van der Waals surface area contributed by atoms with E-state index in [-0.39, 0.29) is 11.7 Å². The highest BCUT2D eigenvalue weighted by Gasteiger charge is 2.11. The van der Waals surface area contributed by atoms with Crippen molar-refractivity contribution in [3.8, 4) is 12.3 Å². The molecule has 1 atom stereocenters. The number of Topliss-reactive ketones (excluding diaryl/α,β-unsaturated/α-hetero) is 1. The molecule has 1 nitrogen and oxygen atoms in total. The lowest BCUT2D eigenvalue weighted by Gasteiger charge is -2.12. The highest BCUT2D eigenvalue weighted by atomic mass is 16.1. The van der Waals surface area contributed by atoms with Crippen LogP contribution in [0.15, 0.2) is 42.5 Å². The van der Waals surface area contributed by atoms with Crippen molar-refractivity contribution in [2.24, 2.45) is 0 Å². The van der Waals surface area contributed by atoms with Crippen LogP contribution in [0.4, 0.5) is 0 Å². The maximum absolute atomic E-state index is 11.3. The number of benzene rings is 2. The Labute approximate surface area is 101 Å². The molecule has 1 unspecified atom stereocenters. The van der Waals surface area contributed by atoms with Crippen molar-refractivity contribution in [1.82, 2.24) is 0 Å². The van der Waals surface area contributed by atoms with Gasteiger partial charge in [-0.2, -0.15) is 0 Å². The number of fused-ring (bicyclic) bond motifs is 1. The molecule has 2 aromatic rings. The quantitative estimate of drug-likeness (QED) is 0.573. The van der Waals surface area contributed by atoms with E-state index in [1.165, 1.54) is 16.3 Å². The molecule has 0 aromatic heterocycles. The van der Waals surface area contributed by atoms with Gasteiger partial charge in [0.1, 0.15) is 0 Å². The van der Waals surface area contributed by atoms with Crippen molar-refractivity contribution in [3.63, 3.8) is 0 Å². The molecule has 1 heteroatoms. The van der Waals surface area contributed by atoms with Gasteiger partial charge in [-0.25, -0.2) is 0 Å². The maximum atomic E-state index is 11.3. The van der Waals surface area contributed by atoms with Gasteiger partial charge in [-0.3, -0.25) is 4.79 Å². The number of carbonyl (C=O) groups excluding carboxylic acids is 1. The minimum Gasteiger partial charge on any atom is -0.285 e. The standard InChI is InChI=1S/C16H14O/c1-3-14(17)11-12(2)15-10-6-8-13-7-4-5-9-16(13)15/h1,4-10,12H,11H2,2H3. The molecule has 0 saturated carbocycles. The largest absolute Gasteiger partial charge is 0.285 e. The third-order valence-corrected chi connectivity index (χ3v) is 3.01. The lowest BCUT2D eigenvalue weighted by atomic mass is 9.91. The zero-order valence-electron chi connectivity index (χ0n) is 9.81. The molecule has 0 heterocycles. The van der Waals surface area contributed by atoms with Crippen LogP contribution in [0, 0.1) is 12.3 Å². The van der Waals surface area contributed by atoms with Crippen LogP contribution in [0.5, 0.6) is 0 Å². The highest BCUT2D eigenvalue weighted by molar-refractivity contribution is 5.96. The van der Waals surface area contributed by atoms with Gasteiger partial charge in [-0.15, -0.1) is 6.42 Å². The van der Waals surface area contributed by atoms with Gasteiger partial charge in [0.05, 0.1) is 0 Å². The smallest absolute Gasteiger partial charge is 0.205 e. The average molecular weight is 222 g/mol.